The van der Waals surface area contributed by atoms with Crippen LogP contribution in [-0.4, -0.2) is 42.5 Å². The Bertz CT molecular complexity index is 818. The molecule has 0 spiro atoms. The zero-order valence-electron chi connectivity index (χ0n) is 15.9. The van der Waals surface area contributed by atoms with E-state index in [4.69, 9.17) is 10.5 Å². The predicted molar refractivity (Wildman–Crippen MR) is 110 cm³/mol. The average molecular weight is 399 g/mol. The topological polar surface area (TPSA) is 72.6 Å². The standard InChI is InChI=1S/C22H26N2O3S/c23-21(26)22(9-11-24(12-10-22)20(25)18-3-1-13-27-18)15-16-5-7-17(8-6-16)19-4-2-14-28-19/h2,4-8,14,18H,1,3,9-13,15H2,(H2,23,26)/t18-/m0/s1. The van der Waals surface area contributed by atoms with Crippen molar-refractivity contribution >= 4 is 23.2 Å². The van der Waals surface area contributed by atoms with Gasteiger partial charge in [0.2, 0.25) is 5.91 Å². The van der Waals surface area contributed by atoms with Gasteiger partial charge < -0.3 is 15.4 Å². The largest absolute Gasteiger partial charge is 0.369 e. The van der Waals surface area contributed by atoms with Crippen LogP contribution in [0, 0.1) is 5.41 Å². The third-order valence-electron chi connectivity index (χ3n) is 6.06. The van der Waals surface area contributed by atoms with Gasteiger partial charge in [0.05, 0.1) is 5.41 Å². The van der Waals surface area contributed by atoms with E-state index < -0.39 is 5.41 Å². The molecular weight excluding hydrogens is 372 g/mol. The van der Waals surface area contributed by atoms with Gasteiger partial charge in [-0.05, 0) is 54.7 Å². The summed E-state index contributed by atoms with van der Waals surface area (Å²) in [6.07, 6.45) is 3.27. The van der Waals surface area contributed by atoms with Crippen LogP contribution < -0.4 is 5.73 Å². The Morgan fingerprint density at radius 2 is 1.93 bits per heavy atom. The van der Waals surface area contributed by atoms with Crippen LogP contribution in [0.3, 0.4) is 0 Å². The van der Waals surface area contributed by atoms with Crippen LogP contribution in [0.2, 0.25) is 0 Å². The smallest absolute Gasteiger partial charge is 0.251 e. The summed E-state index contributed by atoms with van der Waals surface area (Å²) in [5.41, 5.74) is 7.54. The van der Waals surface area contributed by atoms with Crippen LogP contribution in [-0.2, 0) is 20.7 Å². The minimum absolute atomic E-state index is 0.0656. The third kappa shape index (κ3) is 3.84. The molecule has 0 unspecified atom stereocenters. The number of carbonyl (C=O) groups is 2. The fourth-order valence-corrected chi connectivity index (χ4v) is 4.99. The quantitative estimate of drug-likeness (QED) is 0.840. The summed E-state index contributed by atoms with van der Waals surface area (Å²) in [7, 11) is 0. The number of hydrogen-bond acceptors (Lipinski definition) is 4. The van der Waals surface area contributed by atoms with Crippen molar-refractivity contribution in [1.82, 2.24) is 4.90 Å². The van der Waals surface area contributed by atoms with E-state index in [9.17, 15) is 9.59 Å². The van der Waals surface area contributed by atoms with Gasteiger partial charge in [-0.15, -0.1) is 11.3 Å². The van der Waals surface area contributed by atoms with Crippen LogP contribution in [0.4, 0.5) is 0 Å². The van der Waals surface area contributed by atoms with Crippen molar-refractivity contribution in [2.24, 2.45) is 11.1 Å². The predicted octanol–water partition coefficient (Wildman–Crippen LogP) is 3.23. The van der Waals surface area contributed by atoms with E-state index in [0.717, 1.165) is 18.4 Å². The number of carbonyl (C=O) groups excluding carboxylic acids is 2. The molecule has 6 heteroatoms. The number of thiophene rings is 1. The number of nitrogens with two attached hydrogens (primary N) is 1. The Kier molecular flexibility index (Phi) is 5.51. The van der Waals surface area contributed by atoms with E-state index in [-0.39, 0.29) is 17.9 Å². The number of nitrogens with zero attached hydrogens (tertiary/aromatic N) is 1. The van der Waals surface area contributed by atoms with Gasteiger partial charge in [0.25, 0.3) is 5.91 Å². The molecule has 0 bridgehead atoms. The van der Waals surface area contributed by atoms with Gasteiger partial charge in [0.15, 0.2) is 0 Å². The van der Waals surface area contributed by atoms with Gasteiger partial charge in [0, 0.05) is 24.6 Å². The molecule has 1 atom stereocenters. The fourth-order valence-electron chi connectivity index (χ4n) is 4.26. The van der Waals surface area contributed by atoms with Crippen LogP contribution in [0.5, 0.6) is 0 Å². The number of piperidine rings is 1. The zero-order chi connectivity index (χ0) is 19.6. The summed E-state index contributed by atoms with van der Waals surface area (Å²) in [6.45, 7) is 1.79. The lowest BCUT2D eigenvalue weighted by Crippen LogP contribution is -2.51. The van der Waals surface area contributed by atoms with Crippen molar-refractivity contribution in [3.63, 3.8) is 0 Å². The Balaban J connectivity index is 1.43. The second-order valence-corrected chi connectivity index (χ2v) is 8.77. The van der Waals surface area contributed by atoms with Gasteiger partial charge in [-0.25, -0.2) is 0 Å². The van der Waals surface area contributed by atoms with Crippen LogP contribution >= 0.6 is 11.3 Å². The van der Waals surface area contributed by atoms with Crippen molar-refractivity contribution in [3.05, 3.63) is 47.3 Å². The molecule has 28 heavy (non-hydrogen) atoms. The lowest BCUT2D eigenvalue weighted by molar-refractivity contribution is -0.146. The first-order valence-electron chi connectivity index (χ1n) is 9.91. The summed E-state index contributed by atoms with van der Waals surface area (Å²) < 4.78 is 5.52. The molecule has 3 heterocycles. The van der Waals surface area contributed by atoms with Crippen LogP contribution in [0.1, 0.15) is 31.2 Å². The number of hydrogen-bond donors (Lipinski definition) is 1. The molecule has 4 rings (SSSR count). The van der Waals surface area contributed by atoms with E-state index in [1.165, 1.54) is 10.4 Å². The molecule has 0 radical (unpaired) electrons. The molecule has 2 aliphatic heterocycles. The third-order valence-corrected chi connectivity index (χ3v) is 6.98. The molecule has 2 fully saturated rings. The molecule has 0 saturated carbocycles. The normalized spacial score (nSPS) is 21.6. The van der Waals surface area contributed by atoms with E-state index in [0.29, 0.717) is 39.0 Å². The molecule has 2 saturated heterocycles. The lowest BCUT2D eigenvalue weighted by Gasteiger charge is -2.40. The number of ether oxygens (including phenoxy) is 1. The van der Waals surface area contributed by atoms with Gasteiger partial charge in [-0.2, -0.15) is 0 Å². The Morgan fingerprint density at radius 3 is 2.50 bits per heavy atom. The monoisotopic (exact) mass is 398 g/mol. The molecule has 2 N–H and O–H groups in total. The molecule has 2 aliphatic rings. The summed E-state index contributed by atoms with van der Waals surface area (Å²) in [4.78, 5) is 28.0. The number of rotatable bonds is 5. The van der Waals surface area contributed by atoms with Gasteiger partial charge >= 0.3 is 0 Å². The first-order valence-corrected chi connectivity index (χ1v) is 10.8. The minimum atomic E-state index is -0.586. The molecule has 0 aliphatic carbocycles. The van der Waals surface area contributed by atoms with E-state index in [1.807, 2.05) is 11.0 Å². The highest BCUT2D eigenvalue weighted by atomic mass is 32.1. The van der Waals surface area contributed by atoms with E-state index in [2.05, 4.69) is 35.7 Å². The molecule has 2 amide bonds. The molecule has 2 aromatic rings. The maximum Gasteiger partial charge on any atom is 0.251 e. The highest BCUT2D eigenvalue weighted by molar-refractivity contribution is 7.13. The Morgan fingerprint density at radius 1 is 1.18 bits per heavy atom. The SMILES string of the molecule is NC(=O)C1(Cc2ccc(-c3cccs3)cc2)CCN(C(=O)[C@@H]2CCCO2)CC1. The second kappa shape index (κ2) is 8.05. The maximum absolute atomic E-state index is 12.6. The average Bonchev–Trinajstić information content (AvgIpc) is 3.43. The number of amides is 2. The number of primary amides is 1. The molecule has 148 valence electrons. The Hall–Kier alpha value is -2.18. The van der Waals surface area contributed by atoms with Crippen LogP contribution in [0.15, 0.2) is 41.8 Å². The van der Waals surface area contributed by atoms with Crippen molar-refractivity contribution in [1.29, 1.82) is 0 Å². The fraction of sp³-hybridized carbons (Fsp3) is 0.455. The molecular formula is C22H26N2O3S. The van der Waals surface area contributed by atoms with Crippen LogP contribution in [0.25, 0.3) is 10.4 Å². The first-order chi connectivity index (χ1) is 13.6. The first kappa shape index (κ1) is 19.2. The number of benzene rings is 1. The summed E-state index contributed by atoms with van der Waals surface area (Å²) in [6, 6.07) is 12.5. The zero-order valence-corrected chi connectivity index (χ0v) is 16.7. The second-order valence-electron chi connectivity index (χ2n) is 7.82. The molecule has 1 aromatic heterocycles. The van der Waals surface area contributed by atoms with Crippen molar-refractivity contribution in [2.45, 2.75) is 38.2 Å². The maximum atomic E-state index is 12.6. The van der Waals surface area contributed by atoms with Crippen molar-refractivity contribution in [3.8, 4) is 10.4 Å². The number of likely N-dealkylation sites (tertiary alicyclic amines) is 1. The van der Waals surface area contributed by atoms with E-state index in [1.54, 1.807) is 11.3 Å². The Labute approximate surface area is 169 Å². The highest BCUT2D eigenvalue weighted by Crippen LogP contribution is 2.36. The molecule has 5 nitrogen and oxygen atoms in total. The van der Waals surface area contributed by atoms with Gasteiger partial charge in [0.1, 0.15) is 6.10 Å². The minimum Gasteiger partial charge on any atom is -0.369 e. The summed E-state index contributed by atoms with van der Waals surface area (Å²) in [5.74, 6) is -0.199. The van der Waals surface area contributed by atoms with Gasteiger partial charge in [-0.3, -0.25) is 9.59 Å². The lowest BCUT2D eigenvalue weighted by atomic mass is 9.73. The van der Waals surface area contributed by atoms with Gasteiger partial charge in [-0.1, -0.05) is 30.3 Å². The van der Waals surface area contributed by atoms with Crippen molar-refractivity contribution < 1.29 is 14.3 Å². The van der Waals surface area contributed by atoms with Crippen molar-refractivity contribution in [2.75, 3.05) is 19.7 Å². The summed E-state index contributed by atoms with van der Waals surface area (Å²) >= 11 is 1.71. The summed E-state index contributed by atoms with van der Waals surface area (Å²) in [5, 5.41) is 2.07. The highest BCUT2D eigenvalue weighted by Gasteiger charge is 2.42. The molecule has 1 aromatic carbocycles. The van der Waals surface area contributed by atoms with E-state index >= 15 is 0 Å².